The van der Waals surface area contributed by atoms with Crippen molar-refractivity contribution in [2.45, 2.75) is 32.4 Å². The van der Waals surface area contributed by atoms with E-state index in [1.54, 1.807) is 25.1 Å². The second-order valence-electron chi connectivity index (χ2n) is 7.62. The fraction of sp³-hybridized carbons (Fsp3) is 0.261. The molecule has 1 saturated heterocycles. The van der Waals surface area contributed by atoms with E-state index in [-0.39, 0.29) is 47.7 Å². The largest absolute Gasteiger partial charge is 0.508 e. The fourth-order valence-electron chi connectivity index (χ4n) is 3.65. The average Bonchev–Trinajstić information content (AvgIpc) is 2.75. The number of aryl methyl sites for hydroxylation is 1. The molecule has 1 unspecified atom stereocenters. The predicted molar refractivity (Wildman–Crippen MR) is 114 cm³/mol. The van der Waals surface area contributed by atoms with E-state index >= 15 is 0 Å². The Bertz CT molecular complexity index is 1090. The first-order valence-corrected chi connectivity index (χ1v) is 9.98. The lowest BCUT2D eigenvalue weighted by Gasteiger charge is -2.30. The van der Waals surface area contributed by atoms with E-state index in [9.17, 15) is 29.1 Å². The van der Waals surface area contributed by atoms with Crippen molar-refractivity contribution < 1.29 is 29.1 Å². The molecule has 1 atom stereocenters. The van der Waals surface area contributed by atoms with Gasteiger partial charge >= 0.3 is 0 Å². The number of carbonyl (C=O) groups is 5. The van der Waals surface area contributed by atoms with Crippen LogP contribution in [0.4, 0.5) is 0 Å². The number of phenols is 1. The Morgan fingerprint density at radius 2 is 2.00 bits per heavy atom. The summed E-state index contributed by atoms with van der Waals surface area (Å²) in [5, 5.41) is 14.6. The third kappa shape index (κ3) is 4.83. The van der Waals surface area contributed by atoms with Gasteiger partial charge in [0.2, 0.25) is 11.8 Å². The van der Waals surface area contributed by atoms with Gasteiger partial charge in [-0.25, -0.2) is 0 Å². The van der Waals surface area contributed by atoms with Crippen LogP contribution in [0, 0.1) is 6.92 Å². The van der Waals surface area contributed by atoms with Gasteiger partial charge in [0, 0.05) is 31.1 Å². The van der Waals surface area contributed by atoms with Crippen LogP contribution in [0.5, 0.6) is 5.75 Å². The summed E-state index contributed by atoms with van der Waals surface area (Å²) in [7, 11) is 1.44. The van der Waals surface area contributed by atoms with Crippen molar-refractivity contribution in [3.8, 4) is 5.75 Å². The second kappa shape index (κ2) is 9.42. The van der Waals surface area contributed by atoms with Gasteiger partial charge in [0.15, 0.2) is 6.29 Å². The first kappa shape index (κ1) is 22.7. The van der Waals surface area contributed by atoms with E-state index < -0.39 is 23.8 Å². The monoisotopic (exact) mass is 437 g/mol. The fourth-order valence-corrected chi connectivity index (χ4v) is 3.65. The number of amides is 4. The van der Waals surface area contributed by atoms with Crippen LogP contribution in [-0.4, -0.2) is 53.0 Å². The number of hydrogen-bond acceptors (Lipinski definition) is 6. The minimum atomic E-state index is -0.822. The smallest absolute Gasteiger partial charge is 0.255 e. The maximum Gasteiger partial charge on any atom is 0.255 e. The van der Waals surface area contributed by atoms with Gasteiger partial charge in [-0.05, 0) is 48.7 Å². The zero-order valence-electron chi connectivity index (χ0n) is 17.7. The number of nitrogens with one attached hydrogen (secondary N) is 2. The molecule has 166 valence electrons. The molecule has 0 radical (unpaired) electrons. The van der Waals surface area contributed by atoms with Crippen LogP contribution in [0.2, 0.25) is 0 Å². The van der Waals surface area contributed by atoms with Gasteiger partial charge in [-0.3, -0.25) is 29.3 Å². The maximum absolute atomic E-state index is 13.0. The number of phenolic OH excluding ortho intramolecular Hbond substituents is 1. The molecular formula is C23H23N3O6. The summed E-state index contributed by atoms with van der Waals surface area (Å²) in [5.41, 5.74) is 1.59. The summed E-state index contributed by atoms with van der Waals surface area (Å²) < 4.78 is 0. The minimum Gasteiger partial charge on any atom is -0.508 e. The van der Waals surface area contributed by atoms with E-state index in [1.165, 1.54) is 30.1 Å². The molecule has 3 rings (SSSR count). The normalized spacial score (nSPS) is 15.6. The number of piperidine rings is 1. The Labute approximate surface area is 184 Å². The van der Waals surface area contributed by atoms with Gasteiger partial charge in [-0.2, -0.15) is 0 Å². The highest BCUT2D eigenvalue weighted by Crippen LogP contribution is 2.20. The number of likely N-dealkylation sites (N-methyl/N-ethyl adjacent to an activating group) is 1. The highest BCUT2D eigenvalue weighted by Gasteiger charge is 2.33. The molecule has 4 amide bonds. The highest BCUT2D eigenvalue weighted by atomic mass is 16.3. The number of hydrogen-bond donors (Lipinski definition) is 3. The SMILES string of the molecule is Cc1cc(O)cc(C(=O)NCc2cccc(C(=O)N(C)C3CCC(=O)NC3=O)c2C=O)c1. The van der Waals surface area contributed by atoms with Gasteiger partial charge in [0.1, 0.15) is 11.8 Å². The van der Waals surface area contributed by atoms with Crippen LogP contribution in [0.1, 0.15) is 55.0 Å². The number of aromatic hydroxyl groups is 1. The summed E-state index contributed by atoms with van der Waals surface area (Å²) in [6.07, 6.45) is 0.850. The van der Waals surface area contributed by atoms with Crippen LogP contribution in [0.15, 0.2) is 36.4 Å². The molecule has 1 fully saturated rings. The summed E-state index contributed by atoms with van der Waals surface area (Å²) in [4.78, 5) is 62.0. The van der Waals surface area contributed by atoms with Crippen molar-refractivity contribution in [2.75, 3.05) is 7.05 Å². The van der Waals surface area contributed by atoms with Crippen molar-refractivity contribution in [2.24, 2.45) is 0 Å². The molecule has 3 N–H and O–H groups in total. The van der Waals surface area contributed by atoms with Crippen LogP contribution >= 0.6 is 0 Å². The molecule has 0 spiro atoms. The molecule has 1 heterocycles. The van der Waals surface area contributed by atoms with Crippen LogP contribution < -0.4 is 10.6 Å². The molecule has 0 saturated carbocycles. The number of nitrogens with zero attached hydrogens (tertiary/aromatic N) is 1. The molecule has 9 nitrogen and oxygen atoms in total. The number of carbonyl (C=O) groups excluding carboxylic acids is 5. The Morgan fingerprint density at radius 1 is 1.25 bits per heavy atom. The zero-order chi connectivity index (χ0) is 23.4. The van der Waals surface area contributed by atoms with E-state index in [2.05, 4.69) is 10.6 Å². The standard InChI is InChI=1S/C23H23N3O6/c1-13-8-15(10-16(28)9-13)21(30)24-11-14-4-3-5-17(18(14)12-27)23(32)26(2)19-6-7-20(29)25-22(19)31/h3-5,8-10,12,19,28H,6-7,11H2,1-2H3,(H,24,30)(H,25,29,31). The van der Waals surface area contributed by atoms with E-state index in [0.717, 1.165) is 0 Å². The van der Waals surface area contributed by atoms with Crippen molar-refractivity contribution in [3.05, 3.63) is 64.2 Å². The zero-order valence-corrected chi connectivity index (χ0v) is 17.7. The maximum atomic E-state index is 13.0. The highest BCUT2D eigenvalue weighted by molar-refractivity contribution is 6.06. The average molecular weight is 437 g/mol. The third-order valence-electron chi connectivity index (χ3n) is 5.31. The molecule has 0 bridgehead atoms. The first-order valence-electron chi connectivity index (χ1n) is 9.98. The molecule has 1 aliphatic rings. The topological polar surface area (TPSA) is 133 Å². The Kier molecular flexibility index (Phi) is 6.67. The summed E-state index contributed by atoms with van der Waals surface area (Å²) >= 11 is 0. The Morgan fingerprint density at radius 3 is 2.66 bits per heavy atom. The van der Waals surface area contributed by atoms with Gasteiger partial charge in [0.25, 0.3) is 11.8 Å². The van der Waals surface area contributed by atoms with Crippen LogP contribution in [-0.2, 0) is 16.1 Å². The molecule has 0 aliphatic carbocycles. The lowest BCUT2D eigenvalue weighted by Crippen LogP contribution is -2.53. The first-order chi connectivity index (χ1) is 15.2. The Hall–Kier alpha value is -4.01. The van der Waals surface area contributed by atoms with E-state index in [1.807, 2.05) is 0 Å². The molecule has 0 aromatic heterocycles. The number of rotatable bonds is 6. The predicted octanol–water partition coefficient (Wildman–Crippen LogP) is 1.32. The van der Waals surface area contributed by atoms with Gasteiger partial charge in [0.05, 0.1) is 5.56 Å². The van der Waals surface area contributed by atoms with Gasteiger partial charge in [-0.1, -0.05) is 12.1 Å². The molecule has 1 aliphatic heterocycles. The van der Waals surface area contributed by atoms with Crippen molar-refractivity contribution in [1.82, 2.24) is 15.5 Å². The van der Waals surface area contributed by atoms with Crippen LogP contribution in [0.25, 0.3) is 0 Å². The van der Waals surface area contributed by atoms with E-state index in [4.69, 9.17) is 0 Å². The summed E-state index contributed by atoms with van der Waals surface area (Å²) in [5.74, 6) is -1.97. The molecule has 2 aromatic carbocycles. The molecule has 2 aromatic rings. The third-order valence-corrected chi connectivity index (χ3v) is 5.31. The summed E-state index contributed by atoms with van der Waals surface area (Å²) in [6, 6.07) is 8.31. The number of benzene rings is 2. The molecule has 9 heteroatoms. The number of aldehydes is 1. The quantitative estimate of drug-likeness (QED) is 0.461. The van der Waals surface area contributed by atoms with Crippen molar-refractivity contribution in [3.63, 3.8) is 0 Å². The Balaban J connectivity index is 1.79. The number of imide groups is 1. The van der Waals surface area contributed by atoms with Gasteiger partial charge < -0.3 is 15.3 Å². The van der Waals surface area contributed by atoms with E-state index in [0.29, 0.717) is 17.4 Å². The molecule has 32 heavy (non-hydrogen) atoms. The second-order valence-corrected chi connectivity index (χ2v) is 7.62. The van der Waals surface area contributed by atoms with Crippen molar-refractivity contribution >= 4 is 29.9 Å². The van der Waals surface area contributed by atoms with Crippen LogP contribution in [0.3, 0.4) is 0 Å². The summed E-state index contributed by atoms with van der Waals surface area (Å²) in [6.45, 7) is 1.72. The molecular weight excluding hydrogens is 414 g/mol. The van der Waals surface area contributed by atoms with Gasteiger partial charge in [-0.15, -0.1) is 0 Å². The lowest BCUT2D eigenvalue weighted by molar-refractivity contribution is -0.136. The minimum absolute atomic E-state index is 0.0230. The van der Waals surface area contributed by atoms with Crippen molar-refractivity contribution in [1.29, 1.82) is 0 Å². The lowest BCUT2D eigenvalue weighted by atomic mass is 9.98.